The summed E-state index contributed by atoms with van der Waals surface area (Å²) >= 11 is 0. The maximum absolute atomic E-state index is 5.83. The fraction of sp³-hybridized carbons (Fsp3) is 0.591. The van der Waals surface area contributed by atoms with Gasteiger partial charge in [-0.2, -0.15) is 0 Å². The lowest BCUT2D eigenvalue weighted by Crippen LogP contribution is -2.45. The number of nitrogens with one attached hydrogen (secondary N) is 2. The molecule has 2 aromatic rings. The summed E-state index contributed by atoms with van der Waals surface area (Å²) in [5.74, 6) is 3.55. The quantitative estimate of drug-likeness (QED) is 0.536. The van der Waals surface area contributed by atoms with Crippen molar-refractivity contribution in [1.82, 2.24) is 25.4 Å². The Morgan fingerprint density at radius 2 is 1.97 bits per heavy atom. The van der Waals surface area contributed by atoms with Crippen LogP contribution in [0, 0.1) is 0 Å². The van der Waals surface area contributed by atoms with E-state index in [1.807, 2.05) is 7.05 Å². The molecular formula is C22H32N6O2. The number of benzene rings is 1. The number of ether oxygens (including phenoxy) is 2. The normalized spacial score (nSPS) is 17.7. The van der Waals surface area contributed by atoms with E-state index in [0.717, 1.165) is 62.2 Å². The summed E-state index contributed by atoms with van der Waals surface area (Å²) in [5, 5.41) is 15.1. The lowest BCUT2D eigenvalue weighted by atomic mass is 9.78. The van der Waals surface area contributed by atoms with Crippen molar-refractivity contribution in [2.24, 2.45) is 4.99 Å². The molecule has 1 aromatic heterocycles. The molecule has 0 radical (unpaired) electrons. The molecule has 1 aliphatic carbocycles. The maximum atomic E-state index is 5.83. The van der Waals surface area contributed by atoms with Gasteiger partial charge in [-0.1, -0.05) is 25.8 Å². The van der Waals surface area contributed by atoms with Crippen LogP contribution in [0.15, 0.2) is 29.5 Å². The van der Waals surface area contributed by atoms with Crippen LogP contribution in [0.4, 0.5) is 0 Å². The third-order valence-corrected chi connectivity index (χ3v) is 6.19. The zero-order valence-corrected chi connectivity index (χ0v) is 18.0. The smallest absolute Gasteiger partial charge is 0.191 e. The highest BCUT2D eigenvalue weighted by atomic mass is 16.6. The lowest BCUT2D eigenvalue weighted by molar-refractivity contribution is 0.171. The Morgan fingerprint density at radius 3 is 2.73 bits per heavy atom. The number of aromatic nitrogens is 3. The summed E-state index contributed by atoms with van der Waals surface area (Å²) in [4.78, 5) is 4.41. The fourth-order valence-corrected chi connectivity index (χ4v) is 4.50. The Bertz CT molecular complexity index is 872. The topological polar surface area (TPSA) is 85.6 Å². The predicted octanol–water partition coefficient (Wildman–Crippen LogP) is 2.29. The first kappa shape index (κ1) is 20.5. The summed E-state index contributed by atoms with van der Waals surface area (Å²) in [5.41, 5.74) is 1.42. The molecule has 4 rings (SSSR count). The third kappa shape index (κ3) is 4.37. The Kier molecular flexibility index (Phi) is 6.40. The number of aryl methyl sites for hydroxylation is 1. The van der Waals surface area contributed by atoms with E-state index in [0.29, 0.717) is 13.2 Å². The van der Waals surface area contributed by atoms with Crippen molar-refractivity contribution in [1.29, 1.82) is 0 Å². The van der Waals surface area contributed by atoms with Gasteiger partial charge in [-0.05, 0) is 30.5 Å². The second-order valence-corrected chi connectivity index (χ2v) is 7.99. The first-order valence-corrected chi connectivity index (χ1v) is 11.0. The Labute approximate surface area is 178 Å². The molecule has 1 fully saturated rings. The lowest BCUT2D eigenvalue weighted by Gasteiger charge is -2.32. The molecule has 2 aliphatic rings. The molecule has 30 heavy (non-hydrogen) atoms. The van der Waals surface area contributed by atoms with Crippen LogP contribution in [0.3, 0.4) is 0 Å². The molecule has 0 amide bonds. The zero-order chi connectivity index (χ0) is 20.8. The summed E-state index contributed by atoms with van der Waals surface area (Å²) in [6.07, 6.45) is 7.48. The van der Waals surface area contributed by atoms with Crippen LogP contribution in [0.1, 0.15) is 44.0 Å². The number of guanidine groups is 1. The van der Waals surface area contributed by atoms with Crippen LogP contribution < -0.4 is 20.1 Å². The average Bonchev–Trinajstić information content (AvgIpc) is 3.46. The molecule has 162 valence electrons. The van der Waals surface area contributed by atoms with Gasteiger partial charge in [0.1, 0.15) is 25.4 Å². The second kappa shape index (κ2) is 9.36. The molecule has 0 spiro atoms. The van der Waals surface area contributed by atoms with Gasteiger partial charge in [0.2, 0.25) is 0 Å². The molecule has 8 heteroatoms. The molecule has 0 bridgehead atoms. The minimum atomic E-state index is 0.0944. The van der Waals surface area contributed by atoms with Gasteiger partial charge in [0.05, 0.1) is 0 Å². The zero-order valence-electron chi connectivity index (χ0n) is 18.0. The molecule has 1 aromatic carbocycles. The van der Waals surface area contributed by atoms with E-state index in [4.69, 9.17) is 9.47 Å². The van der Waals surface area contributed by atoms with Gasteiger partial charge in [0.25, 0.3) is 0 Å². The first-order chi connectivity index (χ1) is 14.7. The molecule has 1 saturated carbocycles. The SMILES string of the molecule is CCc1nncn1CCNC(=NC)NCC1(c2ccc3c(c2)OCCO3)CCCC1. The monoisotopic (exact) mass is 412 g/mol. The van der Waals surface area contributed by atoms with E-state index in [2.05, 4.69) is 55.5 Å². The average molecular weight is 413 g/mol. The van der Waals surface area contributed by atoms with Crippen LogP contribution in [0.25, 0.3) is 0 Å². The van der Waals surface area contributed by atoms with Gasteiger partial charge in [-0.25, -0.2) is 0 Å². The van der Waals surface area contributed by atoms with Gasteiger partial charge < -0.3 is 24.7 Å². The first-order valence-electron chi connectivity index (χ1n) is 11.0. The van der Waals surface area contributed by atoms with Crippen LogP contribution in [0.5, 0.6) is 11.5 Å². The Morgan fingerprint density at radius 1 is 1.17 bits per heavy atom. The Balaban J connectivity index is 1.38. The minimum absolute atomic E-state index is 0.0944. The van der Waals surface area contributed by atoms with Crippen LogP contribution in [-0.2, 0) is 18.4 Å². The van der Waals surface area contributed by atoms with Gasteiger partial charge in [0, 0.05) is 38.5 Å². The highest BCUT2D eigenvalue weighted by Crippen LogP contribution is 2.43. The largest absolute Gasteiger partial charge is 0.486 e. The summed E-state index contributed by atoms with van der Waals surface area (Å²) in [7, 11) is 1.82. The van der Waals surface area contributed by atoms with E-state index in [9.17, 15) is 0 Å². The molecule has 2 N–H and O–H groups in total. The molecule has 0 atom stereocenters. The number of nitrogens with zero attached hydrogens (tertiary/aromatic N) is 4. The standard InChI is InChI=1S/C22H32N6O2/c1-3-20-27-26-16-28(20)11-10-24-21(23-2)25-15-22(8-4-5-9-22)17-6-7-18-19(14-17)30-13-12-29-18/h6-7,14,16H,3-5,8-13,15H2,1-2H3,(H2,23,24,25). The Hall–Kier alpha value is -2.77. The maximum Gasteiger partial charge on any atom is 0.191 e. The van der Waals surface area contributed by atoms with Gasteiger partial charge in [-0.3, -0.25) is 4.99 Å². The van der Waals surface area contributed by atoms with Crippen molar-refractivity contribution in [3.8, 4) is 11.5 Å². The predicted molar refractivity (Wildman–Crippen MR) is 116 cm³/mol. The molecule has 0 unspecified atom stereocenters. The van der Waals surface area contributed by atoms with Crippen molar-refractivity contribution in [3.05, 3.63) is 35.9 Å². The van der Waals surface area contributed by atoms with E-state index < -0.39 is 0 Å². The summed E-state index contributed by atoms with van der Waals surface area (Å²) < 4.78 is 13.6. The summed E-state index contributed by atoms with van der Waals surface area (Å²) in [6.45, 7) is 5.75. The number of rotatable bonds is 7. The molecular weight excluding hydrogens is 380 g/mol. The van der Waals surface area contributed by atoms with Crippen molar-refractivity contribution < 1.29 is 9.47 Å². The second-order valence-electron chi connectivity index (χ2n) is 7.99. The minimum Gasteiger partial charge on any atom is -0.486 e. The highest BCUT2D eigenvalue weighted by Gasteiger charge is 2.36. The molecule has 8 nitrogen and oxygen atoms in total. The molecule has 1 aliphatic heterocycles. The van der Waals surface area contributed by atoms with E-state index >= 15 is 0 Å². The van der Waals surface area contributed by atoms with Crippen LogP contribution in [0.2, 0.25) is 0 Å². The summed E-state index contributed by atoms with van der Waals surface area (Å²) in [6, 6.07) is 6.44. The van der Waals surface area contributed by atoms with Gasteiger partial charge in [-0.15, -0.1) is 10.2 Å². The highest BCUT2D eigenvalue weighted by molar-refractivity contribution is 5.79. The number of aliphatic imine (C=N–C) groups is 1. The van der Waals surface area contributed by atoms with Crippen molar-refractivity contribution in [2.75, 3.05) is 33.4 Å². The van der Waals surface area contributed by atoms with Crippen molar-refractivity contribution in [2.45, 2.75) is 51.0 Å². The van der Waals surface area contributed by atoms with E-state index in [-0.39, 0.29) is 5.41 Å². The number of fused-ring (bicyclic) bond motifs is 1. The number of hydrogen-bond donors (Lipinski definition) is 2. The van der Waals surface area contributed by atoms with Gasteiger partial charge >= 0.3 is 0 Å². The third-order valence-electron chi connectivity index (χ3n) is 6.19. The molecule has 0 saturated heterocycles. The van der Waals surface area contributed by atoms with Crippen LogP contribution >= 0.6 is 0 Å². The van der Waals surface area contributed by atoms with Crippen LogP contribution in [-0.4, -0.2) is 54.1 Å². The number of hydrogen-bond acceptors (Lipinski definition) is 5. The van der Waals surface area contributed by atoms with E-state index in [1.165, 1.54) is 18.4 Å². The fourth-order valence-electron chi connectivity index (χ4n) is 4.50. The van der Waals surface area contributed by atoms with E-state index in [1.54, 1.807) is 6.33 Å². The van der Waals surface area contributed by atoms with Crippen molar-refractivity contribution >= 4 is 5.96 Å². The molecule has 2 heterocycles. The van der Waals surface area contributed by atoms with Crippen molar-refractivity contribution in [3.63, 3.8) is 0 Å². The van der Waals surface area contributed by atoms with Gasteiger partial charge in [0.15, 0.2) is 17.5 Å².